The van der Waals surface area contributed by atoms with Gasteiger partial charge in [0.15, 0.2) is 0 Å². The third-order valence-electron chi connectivity index (χ3n) is 4.54. The van der Waals surface area contributed by atoms with E-state index in [0.717, 1.165) is 31.7 Å². The predicted octanol–water partition coefficient (Wildman–Crippen LogP) is -0.177. The van der Waals surface area contributed by atoms with E-state index in [-0.39, 0.29) is 11.8 Å². The van der Waals surface area contributed by atoms with E-state index < -0.39 is 6.10 Å². The minimum absolute atomic E-state index is 0.00711. The van der Waals surface area contributed by atoms with Gasteiger partial charge in [-0.1, -0.05) is 6.07 Å². The van der Waals surface area contributed by atoms with Crippen molar-refractivity contribution in [2.24, 2.45) is 11.7 Å². The lowest BCUT2D eigenvalue weighted by molar-refractivity contribution is -0.908. The molecule has 0 radical (unpaired) electrons. The number of nitrogens with two attached hydrogens (primary N) is 1. The molecule has 0 aliphatic carbocycles. The van der Waals surface area contributed by atoms with E-state index in [4.69, 9.17) is 10.5 Å². The Morgan fingerprint density at radius 2 is 2.05 bits per heavy atom. The summed E-state index contributed by atoms with van der Waals surface area (Å²) in [5.41, 5.74) is 7.75. The zero-order chi connectivity index (χ0) is 16.1. The number of hydrogen-bond acceptors (Lipinski definition) is 3. The molecule has 0 unspecified atom stereocenters. The number of benzene rings is 1. The van der Waals surface area contributed by atoms with Crippen LogP contribution in [0.5, 0.6) is 5.75 Å². The molecular weight excluding hydrogens is 280 g/mol. The fourth-order valence-electron chi connectivity index (χ4n) is 2.90. The molecule has 22 heavy (non-hydrogen) atoms. The number of primary amides is 1. The van der Waals surface area contributed by atoms with E-state index >= 15 is 0 Å². The zero-order valence-corrected chi connectivity index (χ0v) is 13.5. The second-order valence-corrected chi connectivity index (χ2v) is 6.34. The number of likely N-dealkylation sites (tertiary alicyclic amines) is 1. The summed E-state index contributed by atoms with van der Waals surface area (Å²) in [6.07, 6.45) is 1.13. The van der Waals surface area contributed by atoms with Crippen LogP contribution in [0, 0.1) is 19.8 Å². The summed E-state index contributed by atoms with van der Waals surface area (Å²) in [4.78, 5) is 12.5. The Kier molecular flexibility index (Phi) is 5.80. The number of aliphatic hydroxyl groups is 1. The van der Waals surface area contributed by atoms with Gasteiger partial charge in [0.2, 0.25) is 5.91 Å². The molecule has 122 valence electrons. The van der Waals surface area contributed by atoms with Gasteiger partial charge in [-0.15, -0.1) is 0 Å². The van der Waals surface area contributed by atoms with Gasteiger partial charge in [0.1, 0.15) is 25.0 Å². The lowest BCUT2D eigenvalue weighted by atomic mass is 9.96. The summed E-state index contributed by atoms with van der Waals surface area (Å²) in [5.74, 6) is 0.606. The molecule has 5 heteroatoms. The van der Waals surface area contributed by atoms with Gasteiger partial charge in [-0.3, -0.25) is 4.79 Å². The molecule has 1 aliphatic heterocycles. The van der Waals surface area contributed by atoms with Crippen LogP contribution in [0.25, 0.3) is 0 Å². The molecule has 0 saturated carbocycles. The average Bonchev–Trinajstić information content (AvgIpc) is 2.49. The smallest absolute Gasteiger partial charge is 0.220 e. The fourth-order valence-corrected chi connectivity index (χ4v) is 2.90. The molecule has 1 aromatic rings. The van der Waals surface area contributed by atoms with E-state index in [1.165, 1.54) is 16.0 Å². The monoisotopic (exact) mass is 307 g/mol. The number of quaternary nitrogens is 1. The predicted molar refractivity (Wildman–Crippen MR) is 84.9 cm³/mol. The molecule has 4 N–H and O–H groups in total. The maximum atomic E-state index is 11.1. The van der Waals surface area contributed by atoms with Crippen LogP contribution < -0.4 is 15.4 Å². The number of hydrogen-bond donors (Lipinski definition) is 3. The number of aryl methyl sites for hydroxylation is 2. The first-order chi connectivity index (χ1) is 10.5. The van der Waals surface area contributed by atoms with E-state index in [0.29, 0.717) is 13.2 Å². The molecular formula is C17H27N2O3+. The van der Waals surface area contributed by atoms with Gasteiger partial charge >= 0.3 is 0 Å². The maximum Gasteiger partial charge on any atom is 0.220 e. The summed E-state index contributed by atoms with van der Waals surface area (Å²) in [6.45, 7) is 6.82. The topological polar surface area (TPSA) is 77.0 Å². The molecule has 5 nitrogen and oxygen atoms in total. The highest BCUT2D eigenvalue weighted by Gasteiger charge is 2.27. The van der Waals surface area contributed by atoms with Crippen molar-refractivity contribution in [3.8, 4) is 5.75 Å². The quantitative estimate of drug-likeness (QED) is 0.682. The van der Waals surface area contributed by atoms with Gasteiger partial charge < -0.3 is 20.5 Å². The summed E-state index contributed by atoms with van der Waals surface area (Å²) < 4.78 is 5.67. The van der Waals surface area contributed by atoms with Crippen LogP contribution in [0.2, 0.25) is 0 Å². The fraction of sp³-hybridized carbons (Fsp3) is 0.588. The van der Waals surface area contributed by atoms with Crippen LogP contribution in [0.15, 0.2) is 18.2 Å². The number of amides is 1. The molecule has 2 rings (SSSR count). The standard InChI is InChI=1S/C17H26N2O3/c1-12-3-4-16(9-13(12)2)22-11-15(20)10-19-7-5-14(6-8-19)17(18)21/h3-4,9,14-15,20H,5-8,10-11H2,1-2H3,(H2,18,21)/p+1/t15-/m0/s1. The minimum Gasteiger partial charge on any atom is -0.491 e. The van der Waals surface area contributed by atoms with Crippen molar-refractivity contribution in [2.45, 2.75) is 32.8 Å². The third kappa shape index (κ3) is 4.71. The van der Waals surface area contributed by atoms with Crippen LogP contribution in [-0.2, 0) is 4.79 Å². The Labute approximate surface area is 132 Å². The summed E-state index contributed by atoms with van der Waals surface area (Å²) in [7, 11) is 0. The van der Waals surface area contributed by atoms with Crippen molar-refractivity contribution in [2.75, 3.05) is 26.2 Å². The molecule has 1 amide bonds. The number of aliphatic hydroxyl groups excluding tert-OH is 1. The van der Waals surface area contributed by atoms with Gasteiger partial charge in [0.05, 0.1) is 13.1 Å². The highest BCUT2D eigenvalue weighted by atomic mass is 16.5. The molecule has 1 saturated heterocycles. The maximum absolute atomic E-state index is 11.1. The molecule has 1 aromatic carbocycles. The van der Waals surface area contributed by atoms with E-state index in [1.54, 1.807) is 0 Å². The average molecular weight is 307 g/mol. The first kappa shape index (κ1) is 16.8. The Bertz CT molecular complexity index is 511. The van der Waals surface area contributed by atoms with Crippen molar-refractivity contribution in [1.29, 1.82) is 0 Å². The van der Waals surface area contributed by atoms with Gasteiger partial charge in [-0.2, -0.15) is 0 Å². The van der Waals surface area contributed by atoms with Crippen molar-refractivity contribution in [1.82, 2.24) is 0 Å². The van der Waals surface area contributed by atoms with Gasteiger partial charge in [0.25, 0.3) is 0 Å². The second-order valence-electron chi connectivity index (χ2n) is 6.34. The Balaban J connectivity index is 1.73. The molecule has 0 spiro atoms. The lowest BCUT2D eigenvalue weighted by Gasteiger charge is -2.29. The summed E-state index contributed by atoms with van der Waals surface area (Å²) >= 11 is 0. The Morgan fingerprint density at radius 3 is 2.64 bits per heavy atom. The van der Waals surface area contributed by atoms with E-state index in [9.17, 15) is 9.90 Å². The Hall–Kier alpha value is -1.59. The van der Waals surface area contributed by atoms with Crippen molar-refractivity contribution in [3.63, 3.8) is 0 Å². The second kappa shape index (κ2) is 7.61. The molecule has 1 fully saturated rings. The van der Waals surface area contributed by atoms with Crippen molar-refractivity contribution < 1.29 is 19.5 Å². The lowest BCUT2D eigenvalue weighted by Crippen LogP contribution is -3.14. The molecule has 1 atom stereocenters. The highest BCUT2D eigenvalue weighted by molar-refractivity contribution is 5.76. The molecule has 1 aliphatic rings. The number of carbonyl (C=O) groups excluding carboxylic acids is 1. The van der Waals surface area contributed by atoms with Gasteiger partial charge in [0, 0.05) is 18.8 Å². The van der Waals surface area contributed by atoms with E-state index in [2.05, 4.69) is 6.92 Å². The van der Waals surface area contributed by atoms with Crippen molar-refractivity contribution >= 4 is 5.91 Å². The van der Waals surface area contributed by atoms with Crippen LogP contribution in [0.4, 0.5) is 0 Å². The van der Waals surface area contributed by atoms with Crippen LogP contribution in [0.3, 0.4) is 0 Å². The van der Waals surface area contributed by atoms with Crippen LogP contribution in [-0.4, -0.2) is 43.4 Å². The third-order valence-corrected chi connectivity index (χ3v) is 4.54. The summed E-state index contributed by atoms with van der Waals surface area (Å²) in [5, 5.41) is 10.1. The summed E-state index contributed by atoms with van der Waals surface area (Å²) in [6, 6.07) is 5.95. The van der Waals surface area contributed by atoms with Crippen LogP contribution in [0.1, 0.15) is 24.0 Å². The molecule has 0 aromatic heterocycles. The number of piperidine rings is 1. The number of carbonyl (C=O) groups is 1. The minimum atomic E-state index is -0.498. The largest absolute Gasteiger partial charge is 0.491 e. The number of rotatable bonds is 6. The van der Waals surface area contributed by atoms with Gasteiger partial charge in [-0.25, -0.2) is 0 Å². The van der Waals surface area contributed by atoms with Crippen molar-refractivity contribution in [3.05, 3.63) is 29.3 Å². The SMILES string of the molecule is Cc1ccc(OC[C@@H](O)C[NH+]2CCC(C(N)=O)CC2)cc1C. The highest BCUT2D eigenvalue weighted by Crippen LogP contribution is 2.16. The van der Waals surface area contributed by atoms with Gasteiger partial charge in [-0.05, 0) is 37.1 Å². The first-order valence-corrected chi connectivity index (χ1v) is 7.96. The number of nitrogens with one attached hydrogen (secondary N) is 1. The first-order valence-electron chi connectivity index (χ1n) is 7.96. The Morgan fingerprint density at radius 1 is 1.36 bits per heavy atom. The number of ether oxygens (including phenoxy) is 1. The van der Waals surface area contributed by atoms with Crippen LogP contribution >= 0.6 is 0 Å². The zero-order valence-electron chi connectivity index (χ0n) is 13.5. The molecule has 0 bridgehead atoms. The molecule has 1 heterocycles. The van der Waals surface area contributed by atoms with E-state index in [1.807, 2.05) is 25.1 Å². The normalized spacial score (nSPS) is 23.0.